The van der Waals surface area contributed by atoms with Crippen LogP contribution in [0.2, 0.25) is 0 Å². The van der Waals surface area contributed by atoms with E-state index in [2.05, 4.69) is 38.1 Å². The SMILES string of the molecule is C[C@@H](Cc1cn([C@@H]2CCOc3cc(CN4CCCCC4)ccc32)nn1)NS(=O)(=O)c1cccc(C(F)(F)F)c1. The van der Waals surface area contributed by atoms with Crippen molar-refractivity contribution in [1.29, 1.82) is 0 Å². The lowest BCUT2D eigenvalue weighted by Crippen LogP contribution is -2.34. The second kappa shape index (κ2) is 11.3. The van der Waals surface area contributed by atoms with Crippen molar-refractivity contribution >= 4 is 10.0 Å². The molecule has 0 aliphatic carbocycles. The van der Waals surface area contributed by atoms with Crippen molar-refractivity contribution in [3.63, 3.8) is 0 Å². The summed E-state index contributed by atoms with van der Waals surface area (Å²) in [7, 11) is -4.16. The van der Waals surface area contributed by atoms with Gasteiger partial charge >= 0.3 is 6.18 Å². The smallest absolute Gasteiger partial charge is 0.416 e. The third-order valence-corrected chi connectivity index (χ3v) is 8.75. The van der Waals surface area contributed by atoms with Gasteiger partial charge in [-0.05, 0) is 62.7 Å². The summed E-state index contributed by atoms with van der Waals surface area (Å²) >= 11 is 0. The second-order valence-electron chi connectivity index (χ2n) is 10.3. The lowest BCUT2D eigenvalue weighted by molar-refractivity contribution is -0.137. The third kappa shape index (κ3) is 6.62. The average molecular weight is 564 g/mol. The highest BCUT2D eigenvalue weighted by atomic mass is 32.2. The van der Waals surface area contributed by atoms with Crippen LogP contribution >= 0.6 is 0 Å². The first-order valence-electron chi connectivity index (χ1n) is 13.2. The Balaban J connectivity index is 1.24. The minimum absolute atomic E-state index is 0.0591. The predicted molar refractivity (Wildman–Crippen MR) is 139 cm³/mol. The molecule has 1 N–H and O–H groups in total. The van der Waals surface area contributed by atoms with Gasteiger partial charge < -0.3 is 4.74 Å². The van der Waals surface area contributed by atoms with Gasteiger partial charge in [0.2, 0.25) is 10.0 Å². The van der Waals surface area contributed by atoms with E-state index in [0.29, 0.717) is 18.4 Å². The summed E-state index contributed by atoms with van der Waals surface area (Å²) in [6, 6.07) is 9.35. The first kappa shape index (κ1) is 27.6. The van der Waals surface area contributed by atoms with Crippen molar-refractivity contribution in [2.75, 3.05) is 19.7 Å². The summed E-state index contributed by atoms with van der Waals surface area (Å²) in [4.78, 5) is 2.03. The van der Waals surface area contributed by atoms with E-state index in [9.17, 15) is 21.6 Å². The number of hydrogen-bond donors (Lipinski definition) is 1. The van der Waals surface area contributed by atoms with Crippen molar-refractivity contribution in [2.24, 2.45) is 0 Å². The molecule has 3 aromatic rings. The van der Waals surface area contributed by atoms with Gasteiger partial charge in [-0.2, -0.15) is 13.2 Å². The number of nitrogens with zero attached hydrogens (tertiary/aromatic N) is 4. The van der Waals surface area contributed by atoms with Gasteiger partial charge in [0.1, 0.15) is 5.75 Å². The molecule has 2 atom stereocenters. The van der Waals surface area contributed by atoms with E-state index in [0.717, 1.165) is 55.6 Å². The van der Waals surface area contributed by atoms with E-state index in [1.807, 2.05) is 0 Å². The molecule has 8 nitrogen and oxygen atoms in total. The Morgan fingerprint density at radius 3 is 2.69 bits per heavy atom. The zero-order valence-corrected chi connectivity index (χ0v) is 22.5. The first-order chi connectivity index (χ1) is 18.6. The van der Waals surface area contributed by atoms with E-state index in [-0.39, 0.29) is 12.5 Å². The Morgan fingerprint density at radius 1 is 1.13 bits per heavy atom. The van der Waals surface area contributed by atoms with E-state index in [1.165, 1.54) is 24.8 Å². The number of alkyl halides is 3. The predicted octanol–water partition coefficient (Wildman–Crippen LogP) is 4.56. The number of piperidine rings is 1. The molecule has 1 saturated heterocycles. The Morgan fingerprint density at radius 2 is 1.92 bits per heavy atom. The normalized spacial score (nSPS) is 19.3. The van der Waals surface area contributed by atoms with Crippen LogP contribution in [0, 0.1) is 0 Å². The Kier molecular flexibility index (Phi) is 7.97. The lowest BCUT2D eigenvalue weighted by Gasteiger charge is -2.29. The second-order valence-corrected chi connectivity index (χ2v) is 12.0. The number of sulfonamides is 1. The standard InChI is InChI=1S/C27H32F3N5O3S/c1-19(32-39(36,37)23-7-5-6-21(16-23)27(28,29)30)14-22-18-35(33-31-22)25-10-13-38-26-15-20(8-9-24(25)26)17-34-11-3-2-4-12-34/h5-9,15-16,18-19,25,32H,2-4,10-14,17H2,1H3/t19-,25+/m0/s1. The fourth-order valence-corrected chi connectivity index (χ4v) is 6.54. The fraction of sp³-hybridized carbons (Fsp3) is 0.481. The van der Waals surface area contributed by atoms with Crippen molar-refractivity contribution < 1.29 is 26.3 Å². The molecule has 0 radical (unpaired) electrons. The molecule has 0 unspecified atom stereocenters. The van der Waals surface area contributed by atoms with E-state index < -0.39 is 32.7 Å². The van der Waals surface area contributed by atoms with Gasteiger partial charge in [-0.3, -0.25) is 4.90 Å². The van der Waals surface area contributed by atoms with Crippen LogP contribution in [0.1, 0.15) is 61.0 Å². The minimum atomic E-state index is -4.63. The van der Waals surface area contributed by atoms with Crippen LogP contribution in [-0.2, 0) is 29.2 Å². The van der Waals surface area contributed by atoms with Gasteiger partial charge in [-0.15, -0.1) is 5.10 Å². The van der Waals surface area contributed by atoms with Crippen LogP contribution < -0.4 is 9.46 Å². The van der Waals surface area contributed by atoms with Crippen LogP contribution in [0.25, 0.3) is 0 Å². The number of hydrogen-bond acceptors (Lipinski definition) is 6. The molecule has 0 bridgehead atoms. The van der Waals surface area contributed by atoms with Gasteiger partial charge in [0.25, 0.3) is 0 Å². The highest BCUT2D eigenvalue weighted by Gasteiger charge is 2.32. The number of aromatic nitrogens is 3. The van der Waals surface area contributed by atoms with Gasteiger partial charge in [0, 0.05) is 37.2 Å². The molecular formula is C27H32F3N5O3S. The highest BCUT2D eigenvalue weighted by Crippen LogP contribution is 2.35. The summed E-state index contributed by atoms with van der Waals surface area (Å²) in [5.41, 5.74) is 1.80. The number of benzene rings is 2. The molecule has 0 spiro atoms. The molecule has 5 rings (SSSR count). The number of nitrogens with one attached hydrogen (secondary N) is 1. The van der Waals surface area contributed by atoms with Gasteiger partial charge in [0.05, 0.1) is 28.8 Å². The van der Waals surface area contributed by atoms with Crippen LogP contribution in [0.15, 0.2) is 53.6 Å². The molecule has 0 saturated carbocycles. The van der Waals surface area contributed by atoms with E-state index in [4.69, 9.17) is 4.74 Å². The number of rotatable bonds is 8. The highest BCUT2D eigenvalue weighted by molar-refractivity contribution is 7.89. The van der Waals surface area contributed by atoms with E-state index in [1.54, 1.807) is 17.8 Å². The van der Waals surface area contributed by atoms with Gasteiger partial charge in [-0.1, -0.05) is 29.8 Å². The van der Waals surface area contributed by atoms with Crippen molar-refractivity contribution in [2.45, 2.75) is 68.7 Å². The van der Waals surface area contributed by atoms with Crippen LogP contribution in [0.5, 0.6) is 5.75 Å². The maximum Gasteiger partial charge on any atom is 0.416 e. The maximum atomic E-state index is 13.0. The van der Waals surface area contributed by atoms with E-state index >= 15 is 0 Å². The third-order valence-electron chi connectivity index (χ3n) is 7.16. The summed E-state index contributed by atoms with van der Waals surface area (Å²) < 4.78 is 74.7. The average Bonchev–Trinajstić information content (AvgIpc) is 3.36. The fourth-order valence-electron chi connectivity index (χ4n) is 5.25. The van der Waals surface area contributed by atoms with Crippen LogP contribution in [0.4, 0.5) is 13.2 Å². The number of likely N-dealkylation sites (tertiary alicyclic amines) is 1. The number of fused-ring (bicyclic) bond motifs is 1. The van der Waals surface area contributed by atoms with Crippen LogP contribution in [0.3, 0.4) is 0 Å². The monoisotopic (exact) mass is 563 g/mol. The topological polar surface area (TPSA) is 89.3 Å². The Bertz CT molecular complexity index is 1400. The van der Waals surface area contributed by atoms with Crippen molar-refractivity contribution in [1.82, 2.24) is 24.6 Å². The molecule has 0 amide bonds. The quantitative estimate of drug-likeness (QED) is 0.432. The van der Waals surface area contributed by atoms with Crippen molar-refractivity contribution in [3.8, 4) is 5.75 Å². The van der Waals surface area contributed by atoms with Crippen LogP contribution in [-0.4, -0.2) is 54.0 Å². The summed E-state index contributed by atoms with van der Waals surface area (Å²) in [6.45, 7) is 5.34. The van der Waals surface area contributed by atoms with Crippen molar-refractivity contribution in [3.05, 3.63) is 71.0 Å². The number of ether oxygens (including phenoxy) is 1. The zero-order chi connectivity index (χ0) is 27.6. The summed E-state index contributed by atoms with van der Waals surface area (Å²) in [5, 5.41) is 8.53. The molecule has 2 aliphatic rings. The summed E-state index contributed by atoms with van der Waals surface area (Å²) in [6.07, 6.45) is 1.88. The number of halogens is 3. The Labute approximate surface area is 226 Å². The molecule has 3 heterocycles. The van der Waals surface area contributed by atoms with Gasteiger partial charge in [0.15, 0.2) is 0 Å². The molecule has 39 heavy (non-hydrogen) atoms. The molecule has 1 aromatic heterocycles. The molecule has 1 fully saturated rings. The molecule has 2 aliphatic heterocycles. The van der Waals surface area contributed by atoms with Gasteiger partial charge in [-0.25, -0.2) is 17.8 Å². The molecular weight excluding hydrogens is 531 g/mol. The summed E-state index contributed by atoms with van der Waals surface area (Å²) in [5.74, 6) is 0.847. The Hall–Kier alpha value is -2.96. The lowest BCUT2D eigenvalue weighted by atomic mass is 9.98. The molecule has 12 heteroatoms. The first-order valence-corrected chi connectivity index (χ1v) is 14.6. The molecule has 210 valence electrons. The largest absolute Gasteiger partial charge is 0.493 e. The molecule has 2 aromatic carbocycles. The zero-order valence-electron chi connectivity index (χ0n) is 21.7. The minimum Gasteiger partial charge on any atom is -0.493 e. The maximum absolute atomic E-state index is 13.0.